The average Bonchev–Trinajstić information content (AvgIpc) is 2.48. The Morgan fingerprint density at radius 3 is 2.42 bits per heavy atom. The summed E-state index contributed by atoms with van der Waals surface area (Å²) in [6.07, 6.45) is 0.0134. The molecule has 3 amide bonds. The summed E-state index contributed by atoms with van der Waals surface area (Å²) in [6, 6.07) is 5.52. The van der Waals surface area contributed by atoms with E-state index in [4.69, 9.17) is 0 Å². The van der Waals surface area contributed by atoms with Gasteiger partial charge < -0.3 is 10.6 Å². The predicted octanol–water partition coefficient (Wildman–Crippen LogP) is 1.65. The molecule has 0 aliphatic rings. The molecule has 7 heteroatoms. The van der Waals surface area contributed by atoms with E-state index in [0.717, 1.165) is 16.8 Å². The summed E-state index contributed by atoms with van der Waals surface area (Å²) in [7, 11) is 0. The molecular formula is C17H24N4O3. The Labute approximate surface area is 141 Å². The van der Waals surface area contributed by atoms with Gasteiger partial charge >= 0.3 is 11.8 Å². The highest BCUT2D eigenvalue weighted by atomic mass is 16.2. The number of rotatable bonds is 5. The van der Waals surface area contributed by atoms with E-state index in [1.54, 1.807) is 20.8 Å². The van der Waals surface area contributed by atoms with Gasteiger partial charge in [-0.3, -0.25) is 14.4 Å². The Bertz CT molecular complexity index is 666. The SMILES string of the molecule is C/C(CC(=O)Nc1cccc(C)c1C)=N\NC(=O)C(=O)NC(C)C. The number of carbonyl (C=O) groups is 3. The summed E-state index contributed by atoms with van der Waals surface area (Å²) >= 11 is 0. The summed E-state index contributed by atoms with van der Waals surface area (Å²) in [5.41, 5.74) is 5.35. The fraction of sp³-hybridized carbons (Fsp3) is 0.412. The zero-order valence-corrected chi connectivity index (χ0v) is 14.7. The van der Waals surface area contributed by atoms with Gasteiger partial charge in [-0.2, -0.15) is 5.10 Å². The number of nitrogens with one attached hydrogen (secondary N) is 3. The lowest BCUT2D eigenvalue weighted by atomic mass is 10.1. The van der Waals surface area contributed by atoms with Crippen molar-refractivity contribution in [3.63, 3.8) is 0 Å². The average molecular weight is 332 g/mol. The molecule has 130 valence electrons. The zero-order chi connectivity index (χ0) is 18.3. The second kappa shape index (κ2) is 8.81. The number of aryl methyl sites for hydroxylation is 1. The van der Waals surface area contributed by atoms with E-state index in [0.29, 0.717) is 5.71 Å². The molecule has 0 aromatic heterocycles. The molecule has 0 spiro atoms. The molecule has 0 saturated heterocycles. The van der Waals surface area contributed by atoms with Crippen LogP contribution < -0.4 is 16.1 Å². The second-order valence-corrected chi connectivity index (χ2v) is 5.89. The van der Waals surface area contributed by atoms with E-state index in [2.05, 4.69) is 21.2 Å². The molecule has 24 heavy (non-hydrogen) atoms. The lowest BCUT2D eigenvalue weighted by molar-refractivity contribution is -0.139. The van der Waals surface area contributed by atoms with Gasteiger partial charge in [-0.05, 0) is 51.8 Å². The van der Waals surface area contributed by atoms with Crippen LogP contribution in [-0.2, 0) is 14.4 Å². The lowest BCUT2D eigenvalue weighted by Crippen LogP contribution is -2.41. The molecule has 0 radical (unpaired) electrons. The number of anilines is 1. The molecule has 1 aromatic rings. The van der Waals surface area contributed by atoms with Crippen molar-refractivity contribution in [3.8, 4) is 0 Å². The number of benzene rings is 1. The molecule has 1 rings (SSSR count). The highest BCUT2D eigenvalue weighted by molar-refractivity contribution is 6.35. The van der Waals surface area contributed by atoms with Gasteiger partial charge in [0.15, 0.2) is 0 Å². The third-order valence-electron chi connectivity index (χ3n) is 3.27. The molecule has 0 atom stereocenters. The first-order valence-electron chi connectivity index (χ1n) is 7.70. The monoisotopic (exact) mass is 332 g/mol. The largest absolute Gasteiger partial charge is 0.346 e. The minimum absolute atomic E-state index is 0.0134. The Morgan fingerprint density at radius 1 is 1.12 bits per heavy atom. The van der Waals surface area contributed by atoms with Crippen molar-refractivity contribution >= 4 is 29.1 Å². The summed E-state index contributed by atoms with van der Waals surface area (Å²) in [5.74, 6) is -1.87. The van der Waals surface area contributed by atoms with E-state index in [-0.39, 0.29) is 18.4 Å². The number of hydrogen-bond acceptors (Lipinski definition) is 4. The van der Waals surface area contributed by atoms with Gasteiger partial charge in [-0.15, -0.1) is 0 Å². The maximum atomic E-state index is 12.0. The van der Waals surface area contributed by atoms with Crippen LogP contribution in [0.2, 0.25) is 0 Å². The number of hydrazone groups is 1. The van der Waals surface area contributed by atoms with E-state index < -0.39 is 11.8 Å². The standard InChI is InChI=1S/C17H24N4O3/c1-10(2)18-16(23)17(24)21-20-12(4)9-15(22)19-14-8-6-7-11(3)13(14)5/h6-8,10H,9H2,1-5H3,(H,18,23)(H,19,22)(H,21,24)/b20-12+. The van der Waals surface area contributed by atoms with Crippen molar-refractivity contribution in [2.24, 2.45) is 5.10 Å². The number of nitrogens with zero attached hydrogens (tertiary/aromatic N) is 1. The van der Waals surface area contributed by atoms with Crippen LogP contribution in [0.25, 0.3) is 0 Å². The molecule has 3 N–H and O–H groups in total. The van der Waals surface area contributed by atoms with Crippen LogP contribution in [0.4, 0.5) is 5.69 Å². The molecule has 0 aliphatic heterocycles. The molecule has 0 fully saturated rings. The third-order valence-corrected chi connectivity index (χ3v) is 3.27. The highest BCUT2D eigenvalue weighted by Crippen LogP contribution is 2.18. The van der Waals surface area contributed by atoms with Crippen LogP contribution in [0.5, 0.6) is 0 Å². The van der Waals surface area contributed by atoms with Crippen molar-refractivity contribution in [3.05, 3.63) is 29.3 Å². The number of amides is 3. The number of carbonyl (C=O) groups excluding carboxylic acids is 3. The zero-order valence-electron chi connectivity index (χ0n) is 14.7. The maximum absolute atomic E-state index is 12.0. The molecule has 0 heterocycles. The Kier molecular flexibility index (Phi) is 7.10. The van der Waals surface area contributed by atoms with Crippen molar-refractivity contribution in [1.82, 2.24) is 10.7 Å². The van der Waals surface area contributed by atoms with Crippen LogP contribution in [-0.4, -0.2) is 29.5 Å². The first-order valence-corrected chi connectivity index (χ1v) is 7.70. The van der Waals surface area contributed by atoms with Crippen LogP contribution in [0.15, 0.2) is 23.3 Å². The van der Waals surface area contributed by atoms with Gasteiger partial charge in [-0.25, -0.2) is 5.43 Å². The van der Waals surface area contributed by atoms with Gasteiger partial charge in [0.05, 0.1) is 6.42 Å². The van der Waals surface area contributed by atoms with Gasteiger partial charge in [0.2, 0.25) is 5.91 Å². The first-order chi connectivity index (χ1) is 11.2. The van der Waals surface area contributed by atoms with Gasteiger partial charge in [-0.1, -0.05) is 12.1 Å². The van der Waals surface area contributed by atoms with Crippen molar-refractivity contribution in [2.45, 2.75) is 47.1 Å². The van der Waals surface area contributed by atoms with E-state index in [1.165, 1.54) is 0 Å². The highest BCUT2D eigenvalue weighted by Gasteiger charge is 2.14. The van der Waals surface area contributed by atoms with Gasteiger partial charge in [0.25, 0.3) is 0 Å². The second-order valence-electron chi connectivity index (χ2n) is 5.89. The maximum Gasteiger partial charge on any atom is 0.329 e. The molecule has 0 aliphatic carbocycles. The van der Waals surface area contributed by atoms with E-state index in [9.17, 15) is 14.4 Å². The quantitative estimate of drug-likeness (QED) is 0.434. The van der Waals surface area contributed by atoms with Crippen molar-refractivity contribution in [1.29, 1.82) is 0 Å². The molecular weight excluding hydrogens is 308 g/mol. The van der Waals surface area contributed by atoms with E-state index >= 15 is 0 Å². The summed E-state index contributed by atoms with van der Waals surface area (Å²) in [4.78, 5) is 35.0. The Hall–Kier alpha value is -2.70. The fourth-order valence-corrected chi connectivity index (χ4v) is 1.88. The third kappa shape index (κ3) is 6.20. The molecule has 7 nitrogen and oxygen atoms in total. The predicted molar refractivity (Wildman–Crippen MR) is 93.7 cm³/mol. The van der Waals surface area contributed by atoms with E-state index in [1.807, 2.05) is 32.0 Å². The summed E-state index contributed by atoms with van der Waals surface area (Å²) in [6.45, 7) is 8.99. The topological polar surface area (TPSA) is 99.7 Å². The van der Waals surface area contributed by atoms with Crippen LogP contribution >= 0.6 is 0 Å². The molecule has 0 saturated carbocycles. The minimum atomic E-state index is -0.863. The molecule has 1 aromatic carbocycles. The fourth-order valence-electron chi connectivity index (χ4n) is 1.88. The Morgan fingerprint density at radius 2 is 1.79 bits per heavy atom. The Balaban J connectivity index is 2.56. The first kappa shape index (κ1) is 19.3. The molecule has 0 bridgehead atoms. The summed E-state index contributed by atoms with van der Waals surface area (Å²) in [5, 5.41) is 9.03. The summed E-state index contributed by atoms with van der Waals surface area (Å²) < 4.78 is 0. The normalized spacial score (nSPS) is 11.2. The molecule has 0 unspecified atom stereocenters. The van der Waals surface area contributed by atoms with Crippen LogP contribution in [0, 0.1) is 13.8 Å². The van der Waals surface area contributed by atoms with Crippen LogP contribution in [0.3, 0.4) is 0 Å². The van der Waals surface area contributed by atoms with Crippen LogP contribution in [0.1, 0.15) is 38.3 Å². The van der Waals surface area contributed by atoms with Gasteiger partial charge in [0, 0.05) is 17.4 Å². The smallest absolute Gasteiger partial charge is 0.329 e. The van der Waals surface area contributed by atoms with Crippen molar-refractivity contribution in [2.75, 3.05) is 5.32 Å². The van der Waals surface area contributed by atoms with Gasteiger partial charge in [0.1, 0.15) is 0 Å². The number of hydrogen-bond donors (Lipinski definition) is 3. The lowest BCUT2D eigenvalue weighted by Gasteiger charge is -2.10. The minimum Gasteiger partial charge on any atom is -0.346 e. The van der Waals surface area contributed by atoms with Crippen molar-refractivity contribution < 1.29 is 14.4 Å².